The maximum Gasteiger partial charge on any atom is 0.196 e. The molecule has 0 fully saturated rings. The average Bonchev–Trinajstić information content (AvgIpc) is 3.08. The Hall–Kier alpha value is -3.18. The number of aromatic amines is 1. The van der Waals surface area contributed by atoms with Gasteiger partial charge in [-0.05, 0) is 31.2 Å². The summed E-state index contributed by atoms with van der Waals surface area (Å²) in [6, 6.07) is 14.4. The van der Waals surface area contributed by atoms with Gasteiger partial charge >= 0.3 is 0 Å². The molecular formula is C20H14ClN3O2. The van der Waals surface area contributed by atoms with Crippen LogP contribution in [0.1, 0.15) is 21.6 Å². The van der Waals surface area contributed by atoms with Gasteiger partial charge in [-0.15, -0.1) is 0 Å². The number of ether oxygens (including phenoxy) is 1. The van der Waals surface area contributed by atoms with Gasteiger partial charge in [0.05, 0.1) is 21.7 Å². The highest BCUT2D eigenvalue weighted by Gasteiger charge is 2.19. The molecule has 26 heavy (non-hydrogen) atoms. The molecule has 0 unspecified atom stereocenters. The van der Waals surface area contributed by atoms with Crippen LogP contribution in [0.2, 0.25) is 5.02 Å². The second-order valence-electron chi connectivity index (χ2n) is 5.77. The predicted molar refractivity (Wildman–Crippen MR) is 100 cm³/mol. The Morgan fingerprint density at radius 2 is 1.85 bits per heavy atom. The van der Waals surface area contributed by atoms with Crippen LogP contribution in [0.4, 0.5) is 0 Å². The molecule has 0 amide bonds. The van der Waals surface area contributed by atoms with E-state index >= 15 is 0 Å². The Balaban J connectivity index is 1.68. The van der Waals surface area contributed by atoms with Crippen molar-refractivity contribution in [2.75, 3.05) is 0 Å². The second-order valence-corrected chi connectivity index (χ2v) is 6.18. The van der Waals surface area contributed by atoms with E-state index in [1.807, 2.05) is 37.3 Å². The van der Waals surface area contributed by atoms with Crippen LogP contribution < -0.4 is 4.74 Å². The number of nitrogens with zero attached hydrogens (tertiary/aromatic N) is 2. The van der Waals surface area contributed by atoms with E-state index in [0.29, 0.717) is 38.7 Å². The van der Waals surface area contributed by atoms with Crippen molar-refractivity contribution in [2.45, 2.75) is 6.92 Å². The van der Waals surface area contributed by atoms with Crippen LogP contribution in [0.25, 0.3) is 11.0 Å². The number of carbonyl (C=O) groups excluding carboxylic acids is 1. The monoisotopic (exact) mass is 363 g/mol. The van der Waals surface area contributed by atoms with Gasteiger partial charge in [0.15, 0.2) is 5.78 Å². The summed E-state index contributed by atoms with van der Waals surface area (Å²) in [5.74, 6) is 1.08. The smallest absolute Gasteiger partial charge is 0.196 e. The fourth-order valence-electron chi connectivity index (χ4n) is 2.81. The van der Waals surface area contributed by atoms with Crippen molar-refractivity contribution in [1.82, 2.24) is 15.0 Å². The zero-order valence-electron chi connectivity index (χ0n) is 13.9. The summed E-state index contributed by atoms with van der Waals surface area (Å²) in [5.41, 5.74) is 2.26. The van der Waals surface area contributed by atoms with Gasteiger partial charge in [-0.25, -0.2) is 9.97 Å². The highest BCUT2D eigenvalue weighted by molar-refractivity contribution is 6.35. The van der Waals surface area contributed by atoms with Crippen molar-refractivity contribution in [3.63, 3.8) is 0 Å². The second kappa shape index (κ2) is 6.61. The highest BCUT2D eigenvalue weighted by Crippen LogP contribution is 2.30. The number of H-pyrrole nitrogens is 1. The molecule has 0 saturated carbocycles. The molecule has 6 heteroatoms. The lowest BCUT2D eigenvalue weighted by molar-refractivity contribution is 0.104. The number of fused-ring (bicyclic) bond motifs is 1. The number of benzene rings is 2. The molecule has 0 radical (unpaired) electrons. The molecule has 2 aromatic carbocycles. The molecule has 1 N–H and O–H groups in total. The fraction of sp³-hybridized carbons (Fsp3) is 0.0500. The van der Waals surface area contributed by atoms with E-state index in [4.69, 9.17) is 16.3 Å². The lowest BCUT2D eigenvalue weighted by Crippen LogP contribution is -2.02. The molecule has 5 nitrogen and oxygen atoms in total. The van der Waals surface area contributed by atoms with Crippen molar-refractivity contribution in [1.29, 1.82) is 0 Å². The molecular weight excluding hydrogens is 350 g/mol. The van der Waals surface area contributed by atoms with E-state index in [1.54, 1.807) is 24.4 Å². The first-order chi connectivity index (χ1) is 12.6. The van der Waals surface area contributed by atoms with Gasteiger partial charge in [-0.2, -0.15) is 0 Å². The van der Waals surface area contributed by atoms with Gasteiger partial charge in [0, 0.05) is 17.8 Å². The summed E-state index contributed by atoms with van der Waals surface area (Å²) < 4.78 is 5.75. The number of carbonyl (C=O) groups is 1. The number of aromatic nitrogens is 3. The van der Waals surface area contributed by atoms with E-state index in [-0.39, 0.29) is 5.78 Å². The van der Waals surface area contributed by atoms with Gasteiger partial charge in [0.2, 0.25) is 0 Å². The third kappa shape index (κ3) is 2.93. The topological polar surface area (TPSA) is 67.9 Å². The Morgan fingerprint density at radius 3 is 2.62 bits per heavy atom. The van der Waals surface area contributed by atoms with Crippen molar-refractivity contribution < 1.29 is 9.53 Å². The summed E-state index contributed by atoms with van der Waals surface area (Å²) >= 11 is 6.36. The molecule has 2 aromatic heterocycles. The lowest BCUT2D eigenvalue weighted by atomic mass is 10.0. The van der Waals surface area contributed by atoms with Crippen LogP contribution in [0.5, 0.6) is 11.5 Å². The molecule has 4 rings (SSSR count). The van der Waals surface area contributed by atoms with Gasteiger partial charge in [-0.1, -0.05) is 29.8 Å². The van der Waals surface area contributed by atoms with Gasteiger partial charge in [-0.3, -0.25) is 4.79 Å². The first-order valence-electron chi connectivity index (χ1n) is 7.99. The van der Waals surface area contributed by atoms with Gasteiger partial charge in [0.1, 0.15) is 23.5 Å². The quantitative estimate of drug-likeness (QED) is 0.521. The summed E-state index contributed by atoms with van der Waals surface area (Å²) in [6.07, 6.45) is 3.10. The minimum atomic E-state index is -0.189. The summed E-state index contributed by atoms with van der Waals surface area (Å²) in [7, 11) is 0. The first-order valence-corrected chi connectivity index (χ1v) is 8.37. The molecule has 128 valence electrons. The third-order valence-corrected chi connectivity index (χ3v) is 4.38. The van der Waals surface area contributed by atoms with E-state index in [1.165, 1.54) is 6.33 Å². The van der Waals surface area contributed by atoms with E-state index in [0.717, 1.165) is 5.69 Å². The molecule has 0 aliphatic heterocycles. The van der Waals surface area contributed by atoms with Crippen LogP contribution in [0.15, 0.2) is 61.1 Å². The molecule has 0 aliphatic carbocycles. The Kier molecular flexibility index (Phi) is 4.14. The summed E-state index contributed by atoms with van der Waals surface area (Å²) in [4.78, 5) is 24.3. The van der Waals surface area contributed by atoms with Crippen LogP contribution >= 0.6 is 11.6 Å². The lowest BCUT2D eigenvalue weighted by Gasteiger charge is -2.08. The minimum absolute atomic E-state index is 0.189. The van der Waals surface area contributed by atoms with Crippen molar-refractivity contribution in [2.24, 2.45) is 0 Å². The van der Waals surface area contributed by atoms with E-state index < -0.39 is 0 Å². The normalized spacial score (nSPS) is 10.8. The summed E-state index contributed by atoms with van der Waals surface area (Å²) in [6.45, 7) is 1.84. The zero-order chi connectivity index (χ0) is 18.1. The number of nitrogens with one attached hydrogen (secondary N) is 1. The fourth-order valence-corrected chi connectivity index (χ4v) is 3.07. The maximum absolute atomic E-state index is 13.0. The molecule has 0 bridgehead atoms. The zero-order valence-corrected chi connectivity index (χ0v) is 14.6. The molecule has 4 aromatic rings. The first kappa shape index (κ1) is 16.3. The SMILES string of the molecule is Cc1ncnc2[nH]cc(C(=O)c3ccc(Oc4ccccc4)cc3Cl)c12. The minimum Gasteiger partial charge on any atom is -0.457 e. The van der Waals surface area contributed by atoms with Gasteiger partial charge < -0.3 is 9.72 Å². The van der Waals surface area contributed by atoms with Crippen LogP contribution in [0.3, 0.4) is 0 Å². The van der Waals surface area contributed by atoms with Crippen molar-refractivity contribution in [3.8, 4) is 11.5 Å². The standard InChI is InChI=1S/C20H14ClN3O2/c1-12-18-16(10-22-20(18)24-11-23-12)19(25)15-8-7-14(9-17(15)21)26-13-5-3-2-4-6-13/h2-11H,1H3,(H,22,23,24). The van der Waals surface area contributed by atoms with E-state index in [2.05, 4.69) is 15.0 Å². The number of hydrogen-bond acceptors (Lipinski definition) is 4. The maximum atomic E-state index is 13.0. The van der Waals surface area contributed by atoms with Crippen molar-refractivity contribution >= 4 is 28.4 Å². The van der Waals surface area contributed by atoms with Gasteiger partial charge in [0.25, 0.3) is 0 Å². The molecule has 0 saturated heterocycles. The number of ketones is 1. The molecule has 0 atom stereocenters. The van der Waals surface area contributed by atoms with Crippen molar-refractivity contribution in [3.05, 3.63) is 82.9 Å². The number of aryl methyl sites for hydroxylation is 1. The molecule has 0 aliphatic rings. The summed E-state index contributed by atoms with van der Waals surface area (Å²) in [5, 5.41) is 1.03. The third-order valence-electron chi connectivity index (χ3n) is 4.07. The Morgan fingerprint density at radius 1 is 1.04 bits per heavy atom. The highest BCUT2D eigenvalue weighted by atomic mass is 35.5. The van der Waals surface area contributed by atoms with E-state index in [9.17, 15) is 4.79 Å². The van der Waals surface area contributed by atoms with Crippen LogP contribution in [-0.2, 0) is 0 Å². The number of halogens is 1. The number of rotatable bonds is 4. The molecule has 2 heterocycles. The number of hydrogen-bond donors (Lipinski definition) is 1. The Bertz CT molecular complexity index is 1110. The van der Waals surface area contributed by atoms with Crippen LogP contribution in [0, 0.1) is 6.92 Å². The molecule has 0 spiro atoms. The predicted octanol–water partition coefficient (Wildman–Crippen LogP) is 4.94. The number of para-hydroxylation sites is 1. The Labute approximate surface area is 154 Å². The average molecular weight is 364 g/mol. The largest absolute Gasteiger partial charge is 0.457 e. The van der Waals surface area contributed by atoms with Crippen LogP contribution in [-0.4, -0.2) is 20.7 Å².